The average molecular weight is 550 g/mol. The molecule has 0 unspecified atom stereocenters. The predicted molar refractivity (Wildman–Crippen MR) is 147 cm³/mol. The number of amides is 1. The normalized spacial score (nSPS) is 19.8. The monoisotopic (exact) mass is 548 g/mol. The molecule has 1 aromatic carbocycles. The molecule has 4 rings (SSSR count). The minimum Gasteiger partial charge on any atom is -0.460 e. The number of nitrogens with zero attached hydrogens (tertiary/aromatic N) is 2. The van der Waals surface area contributed by atoms with E-state index in [1.165, 1.54) is 13.3 Å². The summed E-state index contributed by atoms with van der Waals surface area (Å²) in [6.07, 6.45) is 7.14. The number of hydrogen-bond acceptors (Lipinski definition) is 4. The van der Waals surface area contributed by atoms with Crippen LogP contribution >= 0.6 is 23.2 Å². The fourth-order valence-electron chi connectivity index (χ4n) is 6.10. The highest BCUT2D eigenvalue weighted by Crippen LogP contribution is 2.37. The van der Waals surface area contributed by atoms with Gasteiger partial charge in [0.05, 0.1) is 23.4 Å². The lowest BCUT2D eigenvalue weighted by molar-refractivity contribution is -0.160. The van der Waals surface area contributed by atoms with Gasteiger partial charge in [0, 0.05) is 29.5 Å². The molecule has 2 aromatic rings. The van der Waals surface area contributed by atoms with Crippen LogP contribution in [0.4, 0.5) is 0 Å². The molecule has 1 aromatic heterocycles. The summed E-state index contributed by atoms with van der Waals surface area (Å²) in [4.78, 5) is 41.3. The predicted octanol–water partition coefficient (Wildman–Crippen LogP) is 7.07. The van der Waals surface area contributed by atoms with Crippen molar-refractivity contribution in [3.8, 4) is 0 Å². The third-order valence-electron chi connectivity index (χ3n) is 7.71. The first-order chi connectivity index (χ1) is 17.5. The maximum absolute atomic E-state index is 14.1. The summed E-state index contributed by atoms with van der Waals surface area (Å²) in [7, 11) is 0. The number of ketones is 1. The molecule has 2 aliphatic rings. The lowest BCUT2D eigenvalue weighted by atomic mass is 9.77. The molecule has 6 nitrogen and oxygen atoms in total. The van der Waals surface area contributed by atoms with Crippen LogP contribution in [0.25, 0.3) is 10.9 Å². The zero-order valence-electron chi connectivity index (χ0n) is 22.3. The zero-order chi connectivity index (χ0) is 26.9. The molecule has 2 heterocycles. The molecule has 1 aliphatic carbocycles. The first-order valence-electron chi connectivity index (χ1n) is 13.5. The number of Topliss-reactive ketones (excluding diaryl/α,β-unsaturated/α-hetero) is 1. The zero-order valence-corrected chi connectivity index (χ0v) is 23.8. The number of benzene rings is 1. The highest BCUT2D eigenvalue weighted by molar-refractivity contribution is 6.36. The summed E-state index contributed by atoms with van der Waals surface area (Å²) in [6, 6.07) is 5.37. The third-order valence-corrected chi connectivity index (χ3v) is 8.34. The van der Waals surface area contributed by atoms with Crippen molar-refractivity contribution in [1.29, 1.82) is 0 Å². The molecule has 1 saturated carbocycles. The van der Waals surface area contributed by atoms with Gasteiger partial charge < -0.3 is 14.2 Å². The molecule has 2 fully saturated rings. The fourth-order valence-corrected chi connectivity index (χ4v) is 6.67. The average Bonchev–Trinajstić information content (AvgIpc) is 3.38. The number of fused-ring (bicyclic) bond motifs is 1. The number of aromatic nitrogens is 1. The Hall–Kier alpha value is -2.05. The number of halogens is 2. The van der Waals surface area contributed by atoms with Crippen LogP contribution in [0.15, 0.2) is 18.2 Å². The smallest absolute Gasteiger partial charge is 0.307 e. The number of hydrogen-bond donors (Lipinski definition) is 0. The Morgan fingerprint density at radius 1 is 1.05 bits per heavy atom. The summed E-state index contributed by atoms with van der Waals surface area (Å²) in [5, 5.41) is 1.64. The number of carbonyl (C=O) groups is 3. The van der Waals surface area contributed by atoms with Crippen LogP contribution in [0.1, 0.15) is 89.4 Å². The Balaban J connectivity index is 1.61. The highest BCUT2D eigenvalue weighted by atomic mass is 35.5. The molecule has 0 N–H and O–H groups in total. The van der Waals surface area contributed by atoms with Crippen LogP contribution in [0.3, 0.4) is 0 Å². The summed E-state index contributed by atoms with van der Waals surface area (Å²) < 4.78 is 7.55. The lowest BCUT2D eigenvalue weighted by Crippen LogP contribution is -2.45. The van der Waals surface area contributed by atoms with E-state index in [0.717, 1.165) is 49.4 Å². The van der Waals surface area contributed by atoms with E-state index in [1.807, 2.05) is 36.3 Å². The second-order valence-corrected chi connectivity index (χ2v) is 12.4. The standard InChI is InChI=1S/C29H38Cl2N2O4/c1-18(34)26-23-15-20(30)12-13-24(23)33(27(26)31)17-21-11-8-14-32(21)28(36)22(19-9-6-5-7-10-19)16-25(35)37-29(2,3)4/h12-13,15,19,21-22H,5-11,14,16-17H2,1-4H3/t21-,22-/m0/s1. The van der Waals surface area contributed by atoms with Crippen LogP contribution in [-0.2, 0) is 20.9 Å². The summed E-state index contributed by atoms with van der Waals surface area (Å²) in [6.45, 7) is 8.21. The van der Waals surface area contributed by atoms with E-state index in [-0.39, 0.29) is 42.0 Å². The van der Waals surface area contributed by atoms with Gasteiger partial charge in [0.25, 0.3) is 0 Å². The van der Waals surface area contributed by atoms with Crippen LogP contribution in [0.5, 0.6) is 0 Å². The Bertz CT molecular complexity index is 1180. The summed E-state index contributed by atoms with van der Waals surface area (Å²) in [5.74, 6) is -0.570. The van der Waals surface area contributed by atoms with Gasteiger partial charge in [-0.05, 0) is 77.5 Å². The second kappa shape index (κ2) is 11.4. The van der Waals surface area contributed by atoms with Crippen molar-refractivity contribution in [1.82, 2.24) is 9.47 Å². The van der Waals surface area contributed by atoms with Gasteiger partial charge in [-0.25, -0.2) is 0 Å². The molecular weight excluding hydrogens is 511 g/mol. The molecule has 8 heteroatoms. The highest BCUT2D eigenvalue weighted by Gasteiger charge is 2.39. The minimum atomic E-state index is -0.586. The molecule has 0 spiro atoms. The van der Waals surface area contributed by atoms with Crippen molar-refractivity contribution in [2.24, 2.45) is 11.8 Å². The maximum Gasteiger partial charge on any atom is 0.307 e. The van der Waals surface area contributed by atoms with Crippen LogP contribution in [0, 0.1) is 11.8 Å². The number of ether oxygens (including phenoxy) is 1. The minimum absolute atomic E-state index is 0.0441. The molecule has 0 bridgehead atoms. The molecule has 0 radical (unpaired) electrons. The second-order valence-electron chi connectivity index (χ2n) is 11.6. The van der Waals surface area contributed by atoms with Crippen LogP contribution < -0.4 is 0 Å². The SMILES string of the molecule is CC(=O)c1c(Cl)n(C[C@@H]2CCCN2C(=O)[C@@H](CC(=O)OC(C)(C)C)C2CCCCC2)c2ccc(Cl)cc12. The quantitative estimate of drug-likeness (QED) is 0.274. The van der Waals surface area contributed by atoms with Gasteiger partial charge in [-0.2, -0.15) is 0 Å². The van der Waals surface area contributed by atoms with Crippen molar-refractivity contribution < 1.29 is 19.1 Å². The van der Waals surface area contributed by atoms with Crippen molar-refractivity contribution in [3.05, 3.63) is 33.9 Å². The van der Waals surface area contributed by atoms with Gasteiger partial charge in [0.1, 0.15) is 10.8 Å². The first kappa shape index (κ1) is 28.0. The molecule has 1 amide bonds. The van der Waals surface area contributed by atoms with Crippen molar-refractivity contribution in [2.75, 3.05) is 6.54 Å². The van der Waals surface area contributed by atoms with Crippen molar-refractivity contribution in [3.63, 3.8) is 0 Å². The molecule has 202 valence electrons. The molecule has 2 atom stereocenters. The molecular formula is C29H38Cl2N2O4. The van der Waals surface area contributed by atoms with E-state index in [9.17, 15) is 14.4 Å². The van der Waals surface area contributed by atoms with Crippen LogP contribution in [0.2, 0.25) is 10.2 Å². The molecule has 37 heavy (non-hydrogen) atoms. The fraction of sp³-hybridized carbons (Fsp3) is 0.621. The number of rotatable bonds is 7. The Morgan fingerprint density at radius 3 is 2.41 bits per heavy atom. The van der Waals surface area contributed by atoms with Gasteiger partial charge in [0.15, 0.2) is 5.78 Å². The number of carbonyl (C=O) groups excluding carboxylic acids is 3. The Morgan fingerprint density at radius 2 is 1.76 bits per heavy atom. The van der Waals surface area contributed by atoms with E-state index in [0.29, 0.717) is 28.8 Å². The molecule has 1 aliphatic heterocycles. The van der Waals surface area contributed by atoms with Gasteiger partial charge >= 0.3 is 5.97 Å². The van der Waals surface area contributed by atoms with Gasteiger partial charge in [0.2, 0.25) is 5.91 Å². The third kappa shape index (κ3) is 6.34. The van der Waals surface area contributed by atoms with Gasteiger partial charge in [-0.3, -0.25) is 14.4 Å². The van der Waals surface area contributed by atoms with Crippen molar-refractivity contribution in [2.45, 2.75) is 97.2 Å². The van der Waals surface area contributed by atoms with E-state index < -0.39 is 5.60 Å². The van der Waals surface area contributed by atoms with Gasteiger partial charge in [-0.15, -0.1) is 0 Å². The first-order valence-corrected chi connectivity index (χ1v) is 14.2. The number of esters is 1. The van der Waals surface area contributed by atoms with E-state index in [1.54, 1.807) is 12.1 Å². The summed E-state index contributed by atoms with van der Waals surface area (Å²) in [5.41, 5.74) is 0.702. The number of likely N-dealkylation sites (tertiary alicyclic amines) is 1. The van der Waals surface area contributed by atoms with Crippen molar-refractivity contribution >= 4 is 51.8 Å². The van der Waals surface area contributed by atoms with Crippen LogP contribution in [-0.4, -0.2) is 45.3 Å². The van der Waals surface area contributed by atoms with E-state index in [2.05, 4.69) is 0 Å². The topological polar surface area (TPSA) is 68.6 Å². The Labute approximate surface area is 229 Å². The van der Waals surface area contributed by atoms with Gasteiger partial charge in [-0.1, -0.05) is 42.5 Å². The largest absolute Gasteiger partial charge is 0.460 e. The Kier molecular flexibility index (Phi) is 8.59. The summed E-state index contributed by atoms with van der Waals surface area (Å²) >= 11 is 13.0. The lowest BCUT2D eigenvalue weighted by Gasteiger charge is -2.35. The maximum atomic E-state index is 14.1. The van der Waals surface area contributed by atoms with E-state index in [4.69, 9.17) is 27.9 Å². The molecule has 1 saturated heterocycles. The van der Waals surface area contributed by atoms with E-state index >= 15 is 0 Å².